The van der Waals surface area contributed by atoms with E-state index in [0.717, 1.165) is 11.1 Å². The minimum Gasteiger partial charge on any atom is -0.493 e. The Balaban J connectivity index is 1.87. The number of aromatic nitrogens is 2. The Labute approximate surface area is 164 Å². The van der Waals surface area contributed by atoms with E-state index in [1.54, 1.807) is 37.4 Å². The normalized spacial score (nSPS) is 10.6. The minimum atomic E-state index is -0.277. The van der Waals surface area contributed by atoms with Crippen LogP contribution in [0, 0.1) is 4.77 Å². The highest BCUT2D eigenvalue weighted by atomic mass is 35.5. The van der Waals surface area contributed by atoms with Gasteiger partial charge in [-0.1, -0.05) is 29.3 Å². The molecule has 0 fully saturated rings. The first-order chi connectivity index (χ1) is 12.5. The van der Waals surface area contributed by atoms with Gasteiger partial charge < -0.3 is 14.5 Å². The molecule has 0 amide bonds. The maximum atomic E-state index is 11.6. The predicted octanol–water partition coefficient (Wildman–Crippen LogP) is 4.99. The number of benzene rings is 2. The Morgan fingerprint density at radius 3 is 2.54 bits per heavy atom. The van der Waals surface area contributed by atoms with Gasteiger partial charge >= 0.3 is 0 Å². The Bertz CT molecular complexity index is 1030. The molecule has 1 heterocycles. The molecule has 26 heavy (non-hydrogen) atoms. The van der Waals surface area contributed by atoms with Gasteiger partial charge in [0.2, 0.25) is 0 Å². The van der Waals surface area contributed by atoms with E-state index in [2.05, 4.69) is 9.97 Å². The van der Waals surface area contributed by atoms with E-state index in [1.165, 1.54) is 6.07 Å². The predicted molar refractivity (Wildman–Crippen MR) is 105 cm³/mol. The fourth-order valence-electron chi connectivity index (χ4n) is 2.37. The molecular formula is C18H14Cl2N2O3S. The number of nitrogens with one attached hydrogen (secondary N) is 2. The van der Waals surface area contributed by atoms with Crippen LogP contribution in [0.25, 0.3) is 11.3 Å². The van der Waals surface area contributed by atoms with Crippen molar-refractivity contribution in [3.63, 3.8) is 0 Å². The maximum absolute atomic E-state index is 11.6. The van der Waals surface area contributed by atoms with Crippen molar-refractivity contribution < 1.29 is 9.47 Å². The van der Waals surface area contributed by atoms with Gasteiger partial charge in [-0.25, -0.2) is 0 Å². The Kier molecular flexibility index (Phi) is 5.66. The lowest BCUT2D eigenvalue weighted by Crippen LogP contribution is -2.06. The zero-order chi connectivity index (χ0) is 18.7. The number of hydrogen-bond donors (Lipinski definition) is 2. The molecule has 0 spiro atoms. The Hall–Kier alpha value is -2.28. The lowest BCUT2D eigenvalue weighted by Gasteiger charge is -2.13. The van der Waals surface area contributed by atoms with Gasteiger partial charge in [-0.2, -0.15) is 0 Å². The largest absolute Gasteiger partial charge is 0.493 e. The fourth-order valence-corrected chi connectivity index (χ4v) is 3.05. The van der Waals surface area contributed by atoms with Crippen molar-refractivity contribution in [3.05, 3.63) is 73.2 Å². The highest BCUT2D eigenvalue weighted by Crippen LogP contribution is 2.32. The van der Waals surface area contributed by atoms with E-state index < -0.39 is 0 Å². The van der Waals surface area contributed by atoms with Crippen LogP contribution in [0.2, 0.25) is 10.0 Å². The van der Waals surface area contributed by atoms with E-state index in [-0.39, 0.29) is 16.9 Å². The summed E-state index contributed by atoms with van der Waals surface area (Å²) in [4.78, 5) is 17.0. The second-order valence-electron chi connectivity index (χ2n) is 5.39. The highest BCUT2D eigenvalue weighted by molar-refractivity contribution is 7.71. The number of H-pyrrole nitrogens is 2. The zero-order valence-electron chi connectivity index (χ0n) is 13.6. The lowest BCUT2D eigenvalue weighted by atomic mass is 10.1. The molecule has 2 aromatic carbocycles. The van der Waals surface area contributed by atoms with E-state index in [4.69, 9.17) is 44.9 Å². The first-order valence-corrected chi connectivity index (χ1v) is 8.71. The second kappa shape index (κ2) is 7.95. The third-order valence-electron chi connectivity index (χ3n) is 3.63. The van der Waals surface area contributed by atoms with Gasteiger partial charge in [0.1, 0.15) is 6.61 Å². The van der Waals surface area contributed by atoms with E-state index in [1.807, 2.05) is 6.07 Å². The molecule has 1 aromatic heterocycles. The monoisotopic (exact) mass is 408 g/mol. The molecule has 0 aliphatic rings. The molecule has 0 aliphatic carbocycles. The number of ether oxygens (including phenoxy) is 2. The first-order valence-electron chi connectivity index (χ1n) is 7.55. The summed E-state index contributed by atoms with van der Waals surface area (Å²) in [6, 6.07) is 12.0. The summed E-state index contributed by atoms with van der Waals surface area (Å²) in [5, 5.41) is 1.10. The molecule has 0 aliphatic heterocycles. The summed E-state index contributed by atoms with van der Waals surface area (Å²) in [5.74, 6) is 1.07. The van der Waals surface area contributed by atoms with Crippen LogP contribution in [-0.2, 0) is 6.61 Å². The summed E-state index contributed by atoms with van der Waals surface area (Å²) in [5.41, 5.74) is 1.86. The van der Waals surface area contributed by atoms with Gasteiger partial charge in [-0.3, -0.25) is 9.78 Å². The summed E-state index contributed by atoms with van der Waals surface area (Å²) in [6.07, 6.45) is 0. The lowest BCUT2D eigenvalue weighted by molar-refractivity contribution is 0.284. The first kappa shape index (κ1) is 18.5. The number of aromatic amines is 2. The van der Waals surface area contributed by atoms with Gasteiger partial charge in [0, 0.05) is 27.2 Å². The average Bonchev–Trinajstić information content (AvgIpc) is 2.60. The van der Waals surface area contributed by atoms with Crippen LogP contribution < -0.4 is 15.0 Å². The van der Waals surface area contributed by atoms with Crippen molar-refractivity contribution in [1.82, 2.24) is 9.97 Å². The van der Waals surface area contributed by atoms with Crippen LogP contribution in [0.5, 0.6) is 11.5 Å². The topological polar surface area (TPSA) is 67.1 Å². The van der Waals surface area contributed by atoms with Crippen LogP contribution in [0.1, 0.15) is 5.56 Å². The molecule has 0 radical (unpaired) electrons. The van der Waals surface area contributed by atoms with Gasteiger partial charge in [-0.15, -0.1) is 0 Å². The molecule has 0 unspecified atom stereocenters. The SMILES string of the molecule is COc1cc(-c2cc(=O)[nH]c(=S)[nH]2)ccc1OCc1ccc(Cl)cc1Cl. The van der Waals surface area contributed by atoms with Crippen LogP contribution in [0.15, 0.2) is 47.3 Å². The third-order valence-corrected chi connectivity index (χ3v) is 4.42. The third kappa shape index (κ3) is 4.27. The molecule has 134 valence electrons. The summed E-state index contributed by atoms with van der Waals surface area (Å²) >= 11 is 17.1. The van der Waals surface area contributed by atoms with Gasteiger partial charge in [-0.05, 0) is 42.5 Å². The second-order valence-corrected chi connectivity index (χ2v) is 6.64. The molecular weight excluding hydrogens is 395 g/mol. The standard InChI is InChI=1S/C18H14Cl2N2O3S/c1-24-16-6-10(14-8-17(23)22-18(26)21-14)3-5-15(16)25-9-11-2-4-12(19)7-13(11)20/h2-8H,9H2,1H3,(H2,21,22,23,26). The molecule has 3 rings (SSSR count). The Morgan fingerprint density at radius 1 is 1.04 bits per heavy atom. The quantitative estimate of drug-likeness (QED) is 0.583. The van der Waals surface area contributed by atoms with Crippen LogP contribution in [0.4, 0.5) is 0 Å². The van der Waals surface area contributed by atoms with Crippen molar-refractivity contribution in [2.75, 3.05) is 7.11 Å². The molecule has 0 bridgehead atoms. The van der Waals surface area contributed by atoms with Crippen molar-refractivity contribution in [1.29, 1.82) is 0 Å². The molecule has 0 atom stereocenters. The molecule has 8 heteroatoms. The van der Waals surface area contributed by atoms with Crippen molar-refractivity contribution in [2.45, 2.75) is 6.61 Å². The van der Waals surface area contributed by atoms with E-state index in [0.29, 0.717) is 27.2 Å². The van der Waals surface area contributed by atoms with Crippen LogP contribution in [-0.4, -0.2) is 17.1 Å². The van der Waals surface area contributed by atoms with Gasteiger partial charge in [0.15, 0.2) is 16.3 Å². The smallest absolute Gasteiger partial charge is 0.252 e. The van der Waals surface area contributed by atoms with Crippen LogP contribution in [0.3, 0.4) is 0 Å². The summed E-state index contributed by atoms with van der Waals surface area (Å²) in [7, 11) is 1.54. The van der Waals surface area contributed by atoms with Crippen molar-refractivity contribution in [2.24, 2.45) is 0 Å². The number of methoxy groups -OCH3 is 1. The zero-order valence-corrected chi connectivity index (χ0v) is 16.0. The molecule has 3 aromatic rings. The van der Waals surface area contributed by atoms with Crippen molar-refractivity contribution in [3.8, 4) is 22.8 Å². The molecule has 0 saturated heterocycles. The van der Waals surface area contributed by atoms with E-state index in [9.17, 15) is 4.79 Å². The van der Waals surface area contributed by atoms with Gasteiger partial charge in [0.05, 0.1) is 12.8 Å². The molecule has 0 saturated carbocycles. The molecule has 2 N–H and O–H groups in total. The fraction of sp³-hybridized carbons (Fsp3) is 0.111. The van der Waals surface area contributed by atoms with Gasteiger partial charge in [0.25, 0.3) is 5.56 Å². The van der Waals surface area contributed by atoms with E-state index >= 15 is 0 Å². The molecule has 5 nitrogen and oxygen atoms in total. The number of hydrogen-bond acceptors (Lipinski definition) is 4. The highest BCUT2D eigenvalue weighted by Gasteiger charge is 2.10. The number of rotatable bonds is 5. The van der Waals surface area contributed by atoms with Crippen molar-refractivity contribution >= 4 is 35.4 Å². The van der Waals surface area contributed by atoms with Crippen LogP contribution >= 0.6 is 35.4 Å². The maximum Gasteiger partial charge on any atom is 0.252 e. The summed E-state index contributed by atoms with van der Waals surface area (Å²) in [6.45, 7) is 0.263. The number of halogens is 2. The minimum absolute atomic E-state index is 0.254. The summed E-state index contributed by atoms with van der Waals surface area (Å²) < 4.78 is 11.5. The average molecular weight is 409 g/mol. The Morgan fingerprint density at radius 2 is 1.85 bits per heavy atom.